The van der Waals surface area contributed by atoms with Crippen LogP contribution in [0.2, 0.25) is 5.02 Å². The van der Waals surface area contributed by atoms with Crippen molar-refractivity contribution >= 4 is 35.8 Å². The first kappa shape index (κ1) is 20.9. The number of halogens is 3. The van der Waals surface area contributed by atoms with Gasteiger partial charge in [-0.25, -0.2) is 4.39 Å². The van der Waals surface area contributed by atoms with Gasteiger partial charge in [0.1, 0.15) is 5.82 Å². The maximum absolute atomic E-state index is 13.9. The zero-order valence-electron chi connectivity index (χ0n) is 14.7. The molecule has 144 valence electrons. The first-order valence-electron chi connectivity index (χ1n) is 8.73. The second-order valence-corrected chi connectivity index (χ2v) is 7.20. The number of amides is 2. The molecule has 1 aromatic carbocycles. The number of hydrogen-bond donors (Lipinski definition) is 1. The van der Waals surface area contributed by atoms with Crippen LogP contribution < -0.4 is 5.32 Å². The molecule has 0 aromatic heterocycles. The molecule has 0 spiro atoms. The van der Waals surface area contributed by atoms with Crippen LogP contribution in [0.5, 0.6) is 0 Å². The molecule has 2 amide bonds. The minimum Gasteiger partial charge on any atom is -0.339 e. The second-order valence-electron chi connectivity index (χ2n) is 6.79. The summed E-state index contributed by atoms with van der Waals surface area (Å²) < 4.78 is 13.9. The van der Waals surface area contributed by atoms with Gasteiger partial charge in [-0.15, -0.1) is 12.4 Å². The second kappa shape index (κ2) is 9.02. The smallest absolute Gasteiger partial charge is 0.258 e. The van der Waals surface area contributed by atoms with E-state index in [2.05, 4.69) is 12.2 Å². The molecule has 8 heteroatoms. The van der Waals surface area contributed by atoms with Crippen molar-refractivity contribution in [2.45, 2.75) is 25.8 Å². The zero-order valence-corrected chi connectivity index (χ0v) is 16.3. The number of rotatable bonds is 2. The molecule has 2 atom stereocenters. The van der Waals surface area contributed by atoms with Crippen molar-refractivity contribution in [3.05, 3.63) is 34.6 Å². The average molecular weight is 404 g/mol. The maximum atomic E-state index is 13.9. The van der Waals surface area contributed by atoms with Gasteiger partial charge >= 0.3 is 0 Å². The topological polar surface area (TPSA) is 52.7 Å². The van der Waals surface area contributed by atoms with Crippen LogP contribution in [-0.2, 0) is 4.79 Å². The predicted octanol–water partition coefficient (Wildman–Crippen LogP) is 2.57. The molecule has 3 rings (SSSR count). The van der Waals surface area contributed by atoms with Crippen LogP contribution in [-0.4, -0.2) is 60.4 Å². The Kier molecular flexibility index (Phi) is 7.26. The summed E-state index contributed by atoms with van der Waals surface area (Å²) in [4.78, 5) is 28.6. The first-order chi connectivity index (χ1) is 12.0. The van der Waals surface area contributed by atoms with E-state index in [9.17, 15) is 14.0 Å². The standard InChI is InChI=1S/C18H23ClFN3O2.ClH/c1-12-11-13(5-6-21-12)17(24)22-7-9-23(10-8-22)18(25)16-14(19)3-2-4-15(16)20;/h2-4,12-13,21H,5-11H2,1H3;1H/t12-,13-;/m0./s1. The lowest BCUT2D eigenvalue weighted by atomic mass is 9.92. The van der Waals surface area contributed by atoms with Crippen LogP contribution >= 0.6 is 24.0 Å². The van der Waals surface area contributed by atoms with Crippen molar-refractivity contribution in [2.24, 2.45) is 5.92 Å². The molecule has 5 nitrogen and oxygen atoms in total. The van der Waals surface area contributed by atoms with E-state index in [4.69, 9.17) is 11.6 Å². The minimum absolute atomic E-state index is 0. The predicted molar refractivity (Wildman–Crippen MR) is 101 cm³/mol. The zero-order chi connectivity index (χ0) is 18.0. The van der Waals surface area contributed by atoms with Gasteiger partial charge in [0.25, 0.3) is 5.91 Å². The minimum atomic E-state index is -0.611. The summed E-state index contributed by atoms with van der Waals surface area (Å²) in [6.07, 6.45) is 1.70. The van der Waals surface area contributed by atoms with Crippen molar-refractivity contribution in [3.63, 3.8) is 0 Å². The molecule has 0 unspecified atom stereocenters. The Morgan fingerprint density at radius 3 is 2.46 bits per heavy atom. The van der Waals surface area contributed by atoms with E-state index in [1.807, 2.05) is 4.90 Å². The highest BCUT2D eigenvalue weighted by atomic mass is 35.5. The third-order valence-corrected chi connectivity index (χ3v) is 5.34. The number of benzene rings is 1. The van der Waals surface area contributed by atoms with Crippen molar-refractivity contribution in [1.82, 2.24) is 15.1 Å². The molecule has 2 fully saturated rings. The summed E-state index contributed by atoms with van der Waals surface area (Å²) >= 11 is 5.98. The Balaban J connectivity index is 0.00000243. The van der Waals surface area contributed by atoms with Crippen LogP contribution in [0, 0.1) is 11.7 Å². The maximum Gasteiger partial charge on any atom is 0.258 e. The molecule has 0 bridgehead atoms. The molecule has 2 heterocycles. The Labute approximate surface area is 164 Å². The summed E-state index contributed by atoms with van der Waals surface area (Å²) in [7, 11) is 0. The highest BCUT2D eigenvalue weighted by molar-refractivity contribution is 6.33. The van der Waals surface area contributed by atoms with Gasteiger partial charge in [-0.05, 0) is 38.4 Å². The summed E-state index contributed by atoms with van der Waals surface area (Å²) in [5.74, 6) is -0.797. The summed E-state index contributed by atoms with van der Waals surface area (Å²) in [5, 5.41) is 3.47. The lowest BCUT2D eigenvalue weighted by Crippen LogP contribution is -2.53. The van der Waals surface area contributed by atoms with Gasteiger partial charge < -0.3 is 15.1 Å². The van der Waals surface area contributed by atoms with Crippen LogP contribution in [0.25, 0.3) is 0 Å². The number of carbonyl (C=O) groups is 2. The van der Waals surface area contributed by atoms with Crippen LogP contribution in [0.15, 0.2) is 18.2 Å². The summed E-state index contributed by atoms with van der Waals surface area (Å²) in [6.45, 7) is 4.71. The number of carbonyl (C=O) groups excluding carboxylic acids is 2. The van der Waals surface area contributed by atoms with Gasteiger partial charge in [-0.3, -0.25) is 9.59 Å². The highest BCUT2D eigenvalue weighted by Gasteiger charge is 2.32. The molecular weight excluding hydrogens is 380 g/mol. The Hall–Kier alpha value is -1.37. The number of nitrogens with zero attached hydrogens (tertiary/aromatic N) is 2. The van der Waals surface area contributed by atoms with Crippen LogP contribution in [0.1, 0.15) is 30.1 Å². The van der Waals surface area contributed by atoms with Crippen LogP contribution in [0.4, 0.5) is 4.39 Å². The Morgan fingerprint density at radius 1 is 1.19 bits per heavy atom. The third kappa shape index (κ3) is 4.48. The number of nitrogens with one attached hydrogen (secondary N) is 1. The number of piperazine rings is 1. The third-order valence-electron chi connectivity index (χ3n) is 5.03. The molecular formula is C18H24Cl2FN3O2. The molecule has 0 aliphatic carbocycles. The molecule has 1 aromatic rings. The number of hydrogen-bond acceptors (Lipinski definition) is 3. The van der Waals surface area contributed by atoms with E-state index in [0.29, 0.717) is 32.2 Å². The van der Waals surface area contributed by atoms with Gasteiger partial charge in [0, 0.05) is 38.1 Å². The lowest BCUT2D eigenvalue weighted by molar-refractivity contribution is -0.138. The van der Waals surface area contributed by atoms with Crippen molar-refractivity contribution < 1.29 is 14.0 Å². The SMILES string of the molecule is C[C@H]1C[C@@H](C(=O)N2CCN(C(=O)c3c(F)cccc3Cl)CC2)CCN1.Cl. The largest absolute Gasteiger partial charge is 0.339 e. The van der Waals surface area contributed by atoms with Gasteiger partial charge in [0.15, 0.2) is 0 Å². The molecule has 0 radical (unpaired) electrons. The average Bonchev–Trinajstić information content (AvgIpc) is 2.61. The summed E-state index contributed by atoms with van der Waals surface area (Å²) in [5.41, 5.74) is -0.0869. The molecule has 2 aliphatic heterocycles. The fourth-order valence-electron chi connectivity index (χ4n) is 3.60. The molecule has 1 N–H and O–H groups in total. The lowest BCUT2D eigenvalue weighted by Gasteiger charge is -2.38. The Bertz CT molecular complexity index is 646. The van der Waals surface area contributed by atoms with E-state index in [1.165, 1.54) is 18.2 Å². The quantitative estimate of drug-likeness (QED) is 0.825. The van der Waals surface area contributed by atoms with Crippen molar-refractivity contribution in [3.8, 4) is 0 Å². The van der Waals surface area contributed by atoms with Gasteiger partial charge in [-0.2, -0.15) is 0 Å². The molecule has 2 aliphatic rings. The van der Waals surface area contributed by atoms with Gasteiger partial charge in [0.2, 0.25) is 5.91 Å². The molecule has 0 saturated carbocycles. The monoisotopic (exact) mass is 403 g/mol. The highest BCUT2D eigenvalue weighted by Crippen LogP contribution is 2.23. The fraction of sp³-hybridized carbons (Fsp3) is 0.556. The van der Waals surface area contributed by atoms with Gasteiger partial charge in [0.05, 0.1) is 10.6 Å². The van der Waals surface area contributed by atoms with Crippen molar-refractivity contribution in [2.75, 3.05) is 32.7 Å². The normalized spacial score (nSPS) is 23.3. The van der Waals surface area contributed by atoms with Gasteiger partial charge in [-0.1, -0.05) is 17.7 Å². The fourth-order valence-corrected chi connectivity index (χ4v) is 3.85. The van der Waals surface area contributed by atoms with E-state index in [-0.39, 0.29) is 34.8 Å². The van der Waals surface area contributed by atoms with E-state index in [0.717, 1.165) is 19.4 Å². The number of piperidine rings is 1. The van der Waals surface area contributed by atoms with E-state index >= 15 is 0 Å². The molecule has 26 heavy (non-hydrogen) atoms. The van der Waals surface area contributed by atoms with E-state index in [1.54, 1.807) is 4.90 Å². The summed E-state index contributed by atoms with van der Waals surface area (Å²) in [6, 6.07) is 4.58. The Morgan fingerprint density at radius 2 is 1.85 bits per heavy atom. The first-order valence-corrected chi connectivity index (χ1v) is 9.10. The molecule has 2 saturated heterocycles. The van der Waals surface area contributed by atoms with Crippen LogP contribution in [0.3, 0.4) is 0 Å². The van der Waals surface area contributed by atoms with E-state index < -0.39 is 11.7 Å². The van der Waals surface area contributed by atoms with Crippen molar-refractivity contribution in [1.29, 1.82) is 0 Å².